The summed E-state index contributed by atoms with van der Waals surface area (Å²) in [5.41, 5.74) is 6.90. The molecule has 0 spiro atoms. The number of furan rings is 1. The molecule has 29 heavy (non-hydrogen) atoms. The van der Waals surface area contributed by atoms with Gasteiger partial charge in [-0.15, -0.1) is 0 Å². The zero-order valence-electron chi connectivity index (χ0n) is 15.7. The van der Waals surface area contributed by atoms with E-state index in [1.54, 1.807) is 38.1 Å². The summed E-state index contributed by atoms with van der Waals surface area (Å²) in [6.45, 7) is 3.45. The molecule has 3 heterocycles. The summed E-state index contributed by atoms with van der Waals surface area (Å²) < 4.78 is 6.03. The monoisotopic (exact) mass is 394 g/mol. The summed E-state index contributed by atoms with van der Waals surface area (Å²) in [6.07, 6.45) is 0. The van der Waals surface area contributed by atoms with Gasteiger partial charge in [-0.05, 0) is 38.1 Å². The summed E-state index contributed by atoms with van der Waals surface area (Å²) >= 11 is 0. The second-order valence-corrected chi connectivity index (χ2v) is 7.02. The molecule has 0 aliphatic carbocycles. The number of carbonyl (C=O) groups excluding carboxylic acids is 2. The van der Waals surface area contributed by atoms with Crippen molar-refractivity contribution in [3.63, 3.8) is 0 Å². The van der Waals surface area contributed by atoms with Crippen LogP contribution in [0.2, 0.25) is 0 Å². The molecule has 0 radical (unpaired) electrons. The minimum Gasteiger partial charge on any atom is -0.478 e. The molecule has 0 bridgehead atoms. The third kappa shape index (κ3) is 3.20. The highest BCUT2D eigenvalue weighted by Crippen LogP contribution is 2.39. The number of hydrazone groups is 2. The van der Waals surface area contributed by atoms with Gasteiger partial charge in [-0.1, -0.05) is 12.1 Å². The van der Waals surface area contributed by atoms with Crippen molar-refractivity contribution in [2.45, 2.75) is 19.8 Å². The molecular formula is C20H18N4O5. The normalized spacial score (nSPS) is 22.0. The van der Waals surface area contributed by atoms with Crippen molar-refractivity contribution in [2.24, 2.45) is 22.0 Å². The fraction of sp³-hybridized carbons (Fsp3) is 0.250. The molecule has 0 saturated carbocycles. The molecule has 9 nitrogen and oxygen atoms in total. The number of carboxylic acids is 1. The van der Waals surface area contributed by atoms with Crippen molar-refractivity contribution in [3.8, 4) is 11.3 Å². The Morgan fingerprint density at radius 3 is 1.97 bits per heavy atom. The molecule has 2 atom stereocenters. The van der Waals surface area contributed by atoms with Crippen LogP contribution in [-0.2, 0) is 9.59 Å². The SMILES string of the molecule is CC1=NNC(=O)C1C(c1ccc(-c2ccc(C(=O)O)cc2)o1)C1C(=O)NN=C1C. The van der Waals surface area contributed by atoms with Crippen LogP contribution in [0, 0.1) is 11.8 Å². The fourth-order valence-electron chi connectivity index (χ4n) is 3.78. The van der Waals surface area contributed by atoms with E-state index in [0.717, 1.165) is 0 Å². The molecule has 9 heteroatoms. The summed E-state index contributed by atoms with van der Waals surface area (Å²) in [7, 11) is 0. The van der Waals surface area contributed by atoms with Gasteiger partial charge < -0.3 is 9.52 Å². The van der Waals surface area contributed by atoms with Crippen molar-refractivity contribution < 1.29 is 23.9 Å². The number of aromatic carboxylic acids is 1. The third-order valence-electron chi connectivity index (χ3n) is 5.24. The topological polar surface area (TPSA) is 133 Å². The van der Waals surface area contributed by atoms with Gasteiger partial charge >= 0.3 is 5.97 Å². The van der Waals surface area contributed by atoms with E-state index < -0.39 is 23.7 Å². The quantitative estimate of drug-likeness (QED) is 0.713. The van der Waals surface area contributed by atoms with E-state index in [1.807, 2.05) is 0 Å². The first-order chi connectivity index (χ1) is 13.9. The molecule has 2 aromatic rings. The van der Waals surface area contributed by atoms with Gasteiger partial charge in [0.15, 0.2) is 0 Å². The van der Waals surface area contributed by atoms with Gasteiger partial charge in [0.2, 0.25) is 11.8 Å². The summed E-state index contributed by atoms with van der Waals surface area (Å²) in [5, 5.41) is 17.1. The van der Waals surface area contributed by atoms with Crippen LogP contribution >= 0.6 is 0 Å². The summed E-state index contributed by atoms with van der Waals surface area (Å²) in [6, 6.07) is 9.72. The number of carboxylic acid groups (broad SMARTS) is 1. The lowest BCUT2D eigenvalue weighted by Gasteiger charge is -2.24. The highest BCUT2D eigenvalue weighted by atomic mass is 16.4. The van der Waals surface area contributed by atoms with Crippen LogP contribution in [-0.4, -0.2) is 34.3 Å². The van der Waals surface area contributed by atoms with E-state index in [9.17, 15) is 14.4 Å². The maximum atomic E-state index is 12.5. The minimum absolute atomic E-state index is 0.169. The van der Waals surface area contributed by atoms with Crippen molar-refractivity contribution in [1.29, 1.82) is 0 Å². The number of amides is 2. The van der Waals surface area contributed by atoms with E-state index in [-0.39, 0.29) is 17.4 Å². The lowest BCUT2D eigenvalue weighted by molar-refractivity contribution is -0.125. The zero-order valence-corrected chi connectivity index (χ0v) is 15.7. The first-order valence-electron chi connectivity index (χ1n) is 8.98. The van der Waals surface area contributed by atoms with E-state index in [1.165, 1.54) is 12.1 Å². The van der Waals surface area contributed by atoms with Crippen LogP contribution in [0.25, 0.3) is 11.3 Å². The maximum Gasteiger partial charge on any atom is 0.335 e. The van der Waals surface area contributed by atoms with E-state index in [0.29, 0.717) is 28.5 Å². The van der Waals surface area contributed by atoms with Crippen LogP contribution in [0.15, 0.2) is 51.0 Å². The first-order valence-corrected chi connectivity index (χ1v) is 8.98. The largest absolute Gasteiger partial charge is 0.478 e. The van der Waals surface area contributed by atoms with E-state index in [4.69, 9.17) is 9.52 Å². The fourth-order valence-corrected chi connectivity index (χ4v) is 3.78. The number of nitrogens with one attached hydrogen (secondary N) is 2. The molecule has 1 aromatic carbocycles. The second kappa shape index (κ2) is 7.01. The Morgan fingerprint density at radius 1 is 0.966 bits per heavy atom. The number of rotatable bonds is 5. The van der Waals surface area contributed by atoms with Gasteiger partial charge in [-0.3, -0.25) is 9.59 Å². The average molecular weight is 394 g/mol. The van der Waals surface area contributed by atoms with Gasteiger partial charge in [0, 0.05) is 17.0 Å². The van der Waals surface area contributed by atoms with E-state index in [2.05, 4.69) is 21.1 Å². The van der Waals surface area contributed by atoms with Crippen molar-refractivity contribution >= 4 is 29.2 Å². The first kappa shape index (κ1) is 18.6. The molecule has 2 unspecified atom stereocenters. The molecule has 0 fully saturated rings. The van der Waals surface area contributed by atoms with Crippen LogP contribution < -0.4 is 10.9 Å². The highest BCUT2D eigenvalue weighted by molar-refractivity contribution is 6.12. The molecule has 3 N–H and O–H groups in total. The zero-order chi connectivity index (χ0) is 20.7. The molecule has 2 aliphatic heterocycles. The molecule has 148 valence electrons. The lowest BCUT2D eigenvalue weighted by atomic mass is 9.75. The van der Waals surface area contributed by atoms with Crippen molar-refractivity contribution in [3.05, 3.63) is 47.7 Å². The highest BCUT2D eigenvalue weighted by Gasteiger charge is 2.47. The van der Waals surface area contributed by atoms with Crippen LogP contribution in [0.1, 0.15) is 35.9 Å². The van der Waals surface area contributed by atoms with Gasteiger partial charge in [-0.25, -0.2) is 15.6 Å². The number of carbonyl (C=O) groups is 3. The molecule has 1 aromatic heterocycles. The molecule has 2 amide bonds. The second-order valence-electron chi connectivity index (χ2n) is 7.02. The predicted molar refractivity (Wildman–Crippen MR) is 103 cm³/mol. The Hall–Kier alpha value is -3.75. The van der Waals surface area contributed by atoms with Gasteiger partial charge in [0.1, 0.15) is 11.5 Å². The lowest BCUT2D eigenvalue weighted by Crippen LogP contribution is -2.38. The Bertz CT molecular complexity index is 1030. The van der Waals surface area contributed by atoms with E-state index >= 15 is 0 Å². The Kier molecular flexibility index (Phi) is 4.50. The Labute approximate surface area is 165 Å². The smallest absolute Gasteiger partial charge is 0.335 e. The summed E-state index contributed by atoms with van der Waals surface area (Å²) in [5.74, 6) is -2.60. The maximum absolute atomic E-state index is 12.5. The number of hydrogen-bond donors (Lipinski definition) is 3. The van der Waals surface area contributed by atoms with Gasteiger partial charge in [0.05, 0.1) is 23.3 Å². The average Bonchev–Trinajstić information content (AvgIpc) is 3.39. The van der Waals surface area contributed by atoms with Crippen LogP contribution in [0.4, 0.5) is 0 Å². The molecule has 0 saturated heterocycles. The minimum atomic E-state index is -1.01. The number of hydrogen-bond acceptors (Lipinski definition) is 6. The molecule has 2 aliphatic rings. The van der Waals surface area contributed by atoms with Gasteiger partial charge in [-0.2, -0.15) is 10.2 Å². The molecule has 4 rings (SSSR count). The number of nitrogens with zero attached hydrogens (tertiary/aromatic N) is 2. The molecular weight excluding hydrogens is 376 g/mol. The van der Waals surface area contributed by atoms with Crippen LogP contribution in [0.5, 0.6) is 0 Å². The number of benzene rings is 1. The van der Waals surface area contributed by atoms with Crippen molar-refractivity contribution in [1.82, 2.24) is 10.9 Å². The third-order valence-corrected chi connectivity index (χ3v) is 5.24. The van der Waals surface area contributed by atoms with Crippen LogP contribution in [0.3, 0.4) is 0 Å². The standard InChI is InChI=1S/C20H18N4O5/c1-9-15(18(25)23-21-9)17(16-10(2)22-24-19(16)26)14-8-7-13(29-14)11-3-5-12(6-4-11)20(27)28/h3-8,15-17H,1-2H3,(H,23,25)(H,24,26)(H,27,28). The van der Waals surface area contributed by atoms with Gasteiger partial charge in [0.25, 0.3) is 0 Å². The Balaban J connectivity index is 1.73. The predicted octanol–water partition coefficient (Wildman–Crippen LogP) is 1.97. The summed E-state index contributed by atoms with van der Waals surface area (Å²) in [4.78, 5) is 35.9. The van der Waals surface area contributed by atoms with Crippen molar-refractivity contribution in [2.75, 3.05) is 0 Å². The Morgan fingerprint density at radius 2 is 1.52 bits per heavy atom.